The summed E-state index contributed by atoms with van der Waals surface area (Å²) in [7, 11) is 0. The van der Waals surface area contributed by atoms with Crippen molar-refractivity contribution in [2.45, 2.75) is 52.4 Å². The van der Waals surface area contributed by atoms with Crippen molar-refractivity contribution >= 4 is 5.97 Å². The van der Waals surface area contributed by atoms with Gasteiger partial charge in [-0.1, -0.05) is 50.8 Å². The van der Waals surface area contributed by atoms with E-state index in [1.807, 2.05) is 6.08 Å². The summed E-state index contributed by atoms with van der Waals surface area (Å²) in [5, 5.41) is 0. The summed E-state index contributed by atoms with van der Waals surface area (Å²) in [6.07, 6.45) is 14.8. The van der Waals surface area contributed by atoms with Gasteiger partial charge >= 0.3 is 5.97 Å². The predicted molar refractivity (Wildman–Crippen MR) is 68.3 cm³/mol. The van der Waals surface area contributed by atoms with Crippen LogP contribution < -0.4 is 0 Å². The van der Waals surface area contributed by atoms with Crippen molar-refractivity contribution in [3.63, 3.8) is 0 Å². The molecule has 0 radical (unpaired) electrons. The molecule has 0 aliphatic carbocycles. The van der Waals surface area contributed by atoms with Crippen molar-refractivity contribution in [1.82, 2.24) is 0 Å². The standard InChI is InChI=1S/C14H24O2/c1-3-5-6-7-8-9-10-11-12-13-14(15)16-4-2/h10-13H,3-9H2,1-2H3. The van der Waals surface area contributed by atoms with Gasteiger partial charge in [-0.05, 0) is 19.8 Å². The molecule has 0 fully saturated rings. The summed E-state index contributed by atoms with van der Waals surface area (Å²) >= 11 is 0. The molecule has 0 aromatic carbocycles. The van der Waals surface area contributed by atoms with Gasteiger partial charge in [0.2, 0.25) is 0 Å². The first-order chi connectivity index (χ1) is 7.81. The molecule has 0 bridgehead atoms. The lowest BCUT2D eigenvalue weighted by atomic mass is 10.1. The molecule has 0 N–H and O–H groups in total. The molecule has 0 heterocycles. The molecule has 16 heavy (non-hydrogen) atoms. The minimum Gasteiger partial charge on any atom is -0.463 e. The summed E-state index contributed by atoms with van der Waals surface area (Å²) in [5.74, 6) is -0.268. The lowest BCUT2D eigenvalue weighted by Crippen LogP contribution is -1.98. The number of rotatable bonds is 9. The van der Waals surface area contributed by atoms with Crippen molar-refractivity contribution in [3.8, 4) is 0 Å². The Kier molecular flexibility index (Phi) is 11.2. The van der Waals surface area contributed by atoms with Crippen molar-refractivity contribution in [1.29, 1.82) is 0 Å². The molecule has 0 unspecified atom stereocenters. The fourth-order valence-corrected chi connectivity index (χ4v) is 1.37. The second kappa shape index (κ2) is 12.0. The van der Waals surface area contributed by atoms with Gasteiger partial charge < -0.3 is 4.74 Å². The Labute approximate surface area is 99.4 Å². The number of hydrogen-bond acceptors (Lipinski definition) is 2. The number of carbonyl (C=O) groups is 1. The van der Waals surface area contributed by atoms with E-state index < -0.39 is 0 Å². The molecule has 0 atom stereocenters. The highest BCUT2D eigenvalue weighted by atomic mass is 16.5. The second-order valence-electron chi connectivity index (χ2n) is 3.74. The molecule has 0 amide bonds. The topological polar surface area (TPSA) is 26.3 Å². The van der Waals surface area contributed by atoms with Crippen LogP contribution in [0.2, 0.25) is 0 Å². The van der Waals surface area contributed by atoms with Gasteiger partial charge in [0.05, 0.1) is 6.61 Å². The summed E-state index contributed by atoms with van der Waals surface area (Å²) < 4.78 is 4.75. The fourth-order valence-electron chi connectivity index (χ4n) is 1.37. The highest BCUT2D eigenvalue weighted by molar-refractivity contribution is 5.82. The lowest BCUT2D eigenvalue weighted by molar-refractivity contribution is -0.137. The number of carbonyl (C=O) groups excluding carboxylic acids is 1. The van der Waals surface area contributed by atoms with Crippen LogP contribution in [0.15, 0.2) is 24.3 Å². The molecule has 2 nitrogen and oxygen atoms in total. The van der Waals surface area contributed by atoms with Gasteiger partial charge in [-0.2, -0.15) is 0 Å². The van der Waals surface area contributed by atoms with Gasteiger partial charge in [0.15, 0.2) is 0 Å². The Morgan fingerprint density at radius 2 is 1.81 bits per heavy atom. The highest BCUT2D eigenvalue weighted by Gasteiger charge is 1.90. The first kappa shape index (κ1) is 14.9. The van der Waals surface area contributed by atoms with E-state index in [1.165, 1.54) is 38.2 Å². The van der Waals surface area contributed by atoms with Crippen LogP contribution in [0.3, 0.4) is 0 Å². The minimum atomic E-state index is -0.268. The molecule has 0 spiro atoms. The molecular weight excluding hydrogens is 200 g/mol. The Morgan fingerprint density at radius 3 is 2.50 bits per heavy atom. The largest absolute Gasteiger partial charge is 0.463 e. The van der Waals surface area contributed by atoms with Gasteiger partial charge in [0, 0.05) is 6.08 Å². The molecule has 0 aliphatic heterocycles. The smallest absolute Gasteiger partial charge is 0.330 e. The first-order valence-corrected chi connectivity index (χ1v) is 6.31. The number of esters is 1. The van der Waals surface area contributed by atoms with Crippen LogP contribution in [0, 0.1) is 0 Å². The summed E-state index contributed by atoms with van der Waals surface area (Å²) in [5.41, 5.74) is 0. The second-order valence-corrected chi connectivity index (χ2v) is 3.74. The number of allylic oxidation sites excluding steroid dienone is 3. The van der Waals surface area contributed by atoms with E-state index in [9.17, 15) is 4.79 Å². The number of hydrogen-bond donors (Lipinski definition) is 0. The van der Waals surface area contributed by atoms with Gasteiger partial charge in [-0.25, -0.2) is 4.79 Å². The van der Waals surface area contributed by atoms with Gasteiger partial charge in [0.25, 0.3) is 0 Å². The van der Waals surface area contributed by atoms with Crippen LogP contribution in [-0.2, 0) is 9.53 Å². The third-order valence-corrected chi connectivity index (χ3v) is 2.24. The maximum Gasteiger partial charge on any atom is 0.330 e. The molecule has 0 rings (SSSR count). The molecular formula is C14H24O2. The predicted octanol–water partition coefficient (Wildman–Crippen LogP) is 4.02. The Hall–Kier alpha value is -1.05. The molecule has 0 aliphatic rings. The van der Waals surface area contributed by atoms with Crippen LogP contribution in [0.25, 0.3) is 0 Å². The zero-order chi connectivity index (χ0) is 12.1. The van der Waals surface area contributed by atoms with Crippen LogP contribution in [0.4, 0.5) is 0 Å². The third-order valence-electron chi connectivity index (χ3n) is 2.24. The maximum absolute atomic E-state index is 10.9. The Bertz CT molecular complexity index is 217. The van der Waals surface area contributed by atoms with E-state index in [4.69, 9.17) is 4.74 Å². The van der Waals surface area contributed by atoms with E-state index >= 15 is 0 Å². The number of ether oxygens (including phenoxy) is 1. The van der Waals surface area contributed by atoms with Crippen molar-refractivity contribution in [2.75, 3.05) is 6.61 Å². The normalized spacial score (nSPS) is 11.4. The summed E-state index contributed by atoms with van der Waals surface area (Å²) in [4.78, 5) is 10.9. The van der Waals surface area contributed by atoms with E-state index in [0.29, 0.717) is 6.61 Å². The van der Waals surface area contributed by atoms with E-state index in [-0.39, 0.29) is 5.97 Å². The highest BCUT2D eigenvalue weighted by Crippen LogP contribution is 2.05. The monoisotopic (exact) mass is 224 g/mol. The zero-order valence-electron chi connectivity index (χ0n) is 10.6. The molecule has 0 aromatic heterocycles. The van der Waals surface area contributed by atoms with Crippen molar-refractivity contribution < 1.29 is 9.53 Å². The van der Waals surface area contributed by atoms with Gasteiger partial charge in [-0.15, -0.1) is 0 Å². The van der Waals surface area contributed by atoms with Crippen molar-refractivity contribution in [2.24, 2.45) is 0 Å². The lowest BCUT2D eigenvalue weighted by Gasteiger charge is -1.95. The molecule has 0 aromatic rings. The van der Waals surface area contributed by atoms with Gasteiger partial charge in [-0.3, -0.25) is 0 Å². The molecule has 92 valence electrons. The zero-order valence-corrected chi connectivity index (χ0v) is 10.6. The average Bonchev–Trinajstić information content (AvgIpc) is 2.27. The van der Waals surface area contributed by atoms with E-state index in [2.05, 4.69) is 13.0 Å². The molecule has 0 saturated heterocycles. The number of unbranched alkanes of at least 4 members (excludes halogenated alkanes) is 5. The fraction of sp³-hybridized carbons (Fsp3) is 0.643. The molecule has 0 saturated carbocycles. The van der Waals surface area contributed by atoms with Crippen LogP contribution >= 0.6 is 0 Å². The van der Waals surface area contributed by atoms with Crippen LogP contribution in [0.5, 0.6) is 0 Å². The minimum absolute atomic E-state index is 0.268. The Morgan fingerprint density at radius 1 is 1.06 bits per heavy atom. The Balaban J connectivity index is 3.36. The van der Waals surface area contributed by atoms with Crippen molar-refractivity contribution in [3.05, 3.63) is 24.3 Å². The van der Waals surface area contributed by atoms with E-state index in [0.717, 1.165) is 6.42 Å². The third kappa shape index (κ3) is 11.0. The summed E-state index contributed by atoms with van der Waals surface area (Å²) in [6.45, 7) is 4.46. The average molecular weight is 224 g/mol. The summed E-state index contributed by atoms with van der Waals surface area (Å²) in [6, 6.07) is 0. The SMILES string of the molecule is CCCCCCCC=CC=CC(=O)OCC. The first-order valence-electron chi connectivity index (χ1n) is 6.31. The van der Waals surface area contributed by atoms with E-state index in [1.54, 1.807) is 13.0 Å². The van der Waals surface area contributed by atoms with Crippen LogP contribution in [-0.4, -0.2) is 12.6 Å². The van der Waals surface area contributed by atoms with Crippen LogP contribution in [0.1, 0.15) is 52.4 Å². The molecule has 2 heteroatoms. The quantitative estimate of drug-likeness (QED) is 0.256. The van der Waals surface area contributed by atoms with Gasteiger partial charge in [0.1, 0.15) is 0 Å². The maximum atomic E-state index is 10.9.